The molecule has 92 valence electrons. The Kier molecular flexibility index (Phi) is 5.38. The molecule has 1 aromatic rings. The quantitative estimate of drug-likeness (QED) is 0.795. The summed E-state index contributed by atoms with van der Waals surface area (Å²) in [6, 6.07) is 5.57. The number of rotatable bonds is 5. The number of ether oxygens (including phenoxy) is 2. The molecule has 0 heterocycles. The maximum atomic E-state index is 6.13. The lowest BCUT2D eigenvalue weighted by Crippen LogP contribution is -2.11. The number of nitrogens with two attached hydrogens (primary N) is 1. The molecule has 0 aliphatic carbocycles. The van der Waals surface area contributed by atoms with E-state index < -0.39 is 0 Å². The molecule has 1 rings (SSSR count). The van der Waals surface area contributed by atoms with Crippen LogP contribution in [0.25, 0.3) is 0 Å². The van der Waals surface area contributed by atoms with Crippen molar-refractivity contribution in [3.63, 3.8) is 0 Å². The summed E-state index contributed by atoms with van der Waals surface area (Å²) < 4.78 is 10.5. The Labute approximate surface area is 103 Å². The highest BCUT2D eigenvalue weighted by Gasteiger charge is 2.12. The van der Waals surface area contributed by atoms with E-state index in [-0.39, 0.29) is 6.04 Å². The molecule has 1 atom stereocenters. The van der Waals surface area contributed by atoms with Crippen LogP contribution in [-0.4, -0.2) is 14.2 Å². The van der Waals surface area contributed by atoms with Gasteiger partial charge in [-0.05, 0) is 31.5 Å². The van der Waals surface area contributed by atoms with Crippen molar-refractivity contribution in [3.05, 3.63) is 23.8 Å². The largest absolute Gasteiger partial charge is 0.497 e. The highest BCUT2D eigenvalue weighted by atomic mass is 16.5. The van der Waals surface area contributed by atoms with Crippen LogP contribution in [0.3, 0.4) is 0 Å². The SMILES string of the molecule is CC#CCCC(N)c1cc(OC)ccc1OC. The minimum atomic E-state index is -0.0825. The molecule has 0 aliphatic heterocycles. The van der Waals surface area contributed by atoms with E-state index in [0.717, 1.165) is 29.9 Å². The second-order valence-electron chi connectivity index (χ2n) is 3.68. The minimum Gasteiger partial charge on any atom is -0.497 e. The normalized spacial score (nSPS) is 11.3. The topological polar surface area (TPSA) is 44.5 Å². The number of hydrogen-bond acceptors (Lipinski definition) is 3. The van der Waals surface area contributed by atoms with Gasteiger partial charge in [-0.15, -0.1) is 11.8 Å². The van der Waals surface area contributed by atoms with Gasteiger partial charge in [0.1, 0.15) is 11.5 Å². The maximum absolute atomic E-state index is 6.13. The van der Waals surface area contributed by atoms with Crippen molar-refractivity contribution in [3.8, 4) is 23.3 Å². The van der Waals surface area contributed by atoms with E-state index >= 15 is 0 Å². The predicted molar refractivity (Wildman–Crippen MR) is 69.2 cm³/mol. The Balaban J connectivity index is 2.87. The third-order valence-corrected chi connectivity index (χ3v) is 2.59. The lowest BCUT2D eigenvalue weighted by molar-refractivity contribution is 0.394. The summed E-state index contributed by atoms with van der Waals surface area (Å²) in [6.45, 7) is 1.83. The van der Waals surface area contributed by atoms with E-state index in [9.17, 15) is 0 Å². The van der Waals surface area contributed by atoms with E-state index in [0.29, 0.717) is 0 Å². The first kappa shape index (κ1) is 13.4. The molecular formula is C14H19NO2. The zero-order valence-corrected chi connectivity index (χ0v) is 10.6. The number of benzene rings is 1. The van der Waals surface area contributed by atoms with Gasteiger partial charge in [-0.3, -0.25) is 0 Å². The van der Waals surface area contributed by atoms with E-state index in [1.165, 1.54) is 0 Å². The molecule has 0 bridgehead atoms. The first-order valence-electron chi connectivity index (χ1n) is 5.60. The van der Waals surface area contributed by atoms with Gasteiger partial charge in [0.25, 0.3) is 0 Å². The van der Waals surface area contributed by atoms with Gasteiger partial charge in [-0.1, -0.05) is 0 Å². The van der Waals surface area contributed by atoms with Crippen molar-refractivity contribution in [2.45, 2.75) is 25.8 Å². The molecule has 0 aromatic heterocycles. The second kappa shape index (κ2) is 6.82. The smallest absolute Gasteiger partial charge is 0.123 e. The van der Waals surface area contributed by atoms with Gasteiger partial charge in [-0.25, -0.2) is 0 Å². The monoisotopic (exact) mass is 233 g/mol. The first-order chi connectivity index (χ1) is 8.22. The zero-order chi connectivity index (χ0) is 12.7. The third-order valence-electron chi connectivity index (χ3n) is 2.59. The molecule has 2 N–H and O–H groups in total. The van der Waals surface area contributed by atoms with Crippen molar-refractivity contribution in [2.24, 2.45) is 5.73 Å². The van der Waals surface area contributed by atoms with Crippen LogP contribution in [0.1, 0.15) is 31.4 Å². The van der Waals surface area contributed by atoms with Crippen molar-refractivity contribution in [1.29, 1.82) is 0 Å². The zero-order valence-electron chi connectivity index (χ0n) is 10.6. The maximum Gasteiger partial charge on any atom is 0.123 e. The summed E-state index contributed by atoms with van der Waals surface area (Å²) in [6.07, 6.45) is 1.60. The fourth-order valence-corrected chi connectivity index (χ4v) is 1.64. The van der Waals surface area contributed by atoms with Crippen LogP contribution >= 0.6 is 0 Å². The van der Waals surface area contributed by atoms with Crippen LogP contribution in [0, 0.1) is 11.8 Å². The fraction of sp³-hybridized carbons (Fsp3) is 0.429. The Hall–Kier alpha value is -1.66. The van der Waals surface area contributed by atoms with Gasteiger partial charge in [0, 0.05) is 18.0 Å². The van der Waals surface area contributed by atoms with Crippen molar-refractivity contribution in [2.75, 3.05) is 14.2 Å². The molecule has 17 heavy (non-hydrogen) atoms. The molecule has 3 nitrogen and oxygen atoms in total. The Morgan fingerprint density at radius 3 is 2.65 bits per heavy atom. The molecule has 1 aromatic carbocycles. The van der Waals surface area contributed by atoms with E-state index in [2.05, 4.69) is 11.8 Å². The molecule has 0 saturated heterocycles. The molecule has 0 amide bonds. The minimum absolute atomic E-state index is 0.0825. The van der Waals surface area contributed by atoms with Crippen molar-refractivity contribution >= 4 is 0 Å². The first-order valence-corrected chi connectivity index (χ1v) is 5.60. The summed E-state index contributed by atoms with van der Waals surface area (Å²) in [5.41, 5.74) is 7.10. The van der Waals surface area contributed by atoms with Gasteiger partial charge in [0.05, 0.1) is 14.2 Å². The van der Waals surface area contributed by atoms with Crippen LogP contribution in [0.2, 0.25) is 0 Å². The van der Waals surface area contributed by atoms with Crippen molar-refractivity contribution < 1.29 is 9.47 Å². The van der Waals surface area contributed by atoms with Crippen LogP contribution in [0.5, 0.6) is 11.5 Å². The van der Waals surface area contributed by atoms with Gasteiger partial charge in [0.2, 0.25) is 0 Å². The van der Waals surface area contributed by atoms with E-state index in [4.69, 9.17) is 15.2 Å². The van der Waals surface area contributed by atoms with Gasteiger partial charge < -0.3 is 15.2 Å². The Bertz CT molecular complexity index is 418. The van der Waals surface area contributed by atoms with Gasteiger partial charge in [-0.2, -0.15) is 0 Å². The highest BCUT2D eigenvalue weighted by molar-refractivity contribution is 5.42. The van der Waals surface area contributed by atoms with E-state index in [1.54, 1.807) is 14.2 Å². The fourth-order valence-electron chi connectivity index (χ4n) is 1.64. The summed E-state index contributed by atoms with van der Waals surface area (Å²) in [4.78, 5) is 0. The summed E-state index contributed by atoms with van der Waals surface area (Å²) >= 11 is 0. The lowest BCUT2D eigenvalue weighted by atomic mass is 10.0. The summed E-state index contributed by atoms with van der Waals surface area (Å²) in [5.74, 6) is 7.46. The molecule has 3 heteroatoms. The third kappa shape index (κ3) is 3.69. The molecule has 0 saturated carbocycles. The predicted octanol–water partition coefficient (Wildman–Crippen LogP) is 2.51. The van der Waals surface area contributed by atoms with Crippen LogP contribution in [0.15, 0.2) is 18.2 Å². The Morgan fingerprint density at radius 1 is 1.29 bits per heavy atom. The molecule has 0 radical (unpaired) electrons. The average molecular weight is 233 g/mol. The lowest BCUT2D eigenvalue weighted by Gasteiger charge is -2.15. The standard InChI is InChI=1S/C14H19NO2/c1-4-5-6-7-13(15)12-10-11(16-2)8-9-14(12)17-3/h8-10,13H,6-7,15H2,1-3H3. The second-order valence-corrected chi connectivity index (χ2v) is 3.68. The van der Waals surface area contributed by atoms with Crippen LogP contribution in [-0.2, 0) is 0 Å². The molecular weight excluding hydrogens is 214 g/mol. The number of hydrogen-bond donors (Lipinski definition) is 1. The van der Waals surface area contributed by atoms with E-state index in [1.807, 2.05) is 25.1 Å². The van der Waals surface area contributed by atoms with Gasteiger partial charge >= 0.3 is 0 Å². The highest BCUT2D eigenvalue weighted by Crippen LogP contribution is 2.30. The van der Waals surface area contributed by atoms with Crippen LogP contribution in [0.4, 0.5) is 0 Å². The van der Waals surface area contributed by atoms with Gasteiger partial charge in [0.15, 0.2) is 0 Å². The number of methoxy groups -OCH3 is 2. The van der Waals surface area contributed by atoms with Crippen molar-refractivity contribution in [1.82, 2.24) is 0 Å². The molecule has 0 fully saturated rings. The Morgan fingerprint density at radius 2 is 2.06 bits per heavy atom. The molecule has 1 unspecified atom stereocenters. The average Bonchev–Trinajstić information content (AvgIpc) is 2.38. The summed E-state index contributed by atoms with van der Waals surface area (Å²) in [5, 5.41) is 0. The molecule has 0 aliphatic rings. The van der Waals surface area contributed by atoms with Crippen LogP contribution < -0.4 is 15.2 Å². The summed E-state index contributed by atoms with van der Waals surface area (Å²) in [7, 11) is 3.28. The molecule has 0 spiro atoms.